The van der Waals surface area contributed by atoms with Crippen LogP contribution in [0.5, 0.6) is 0 Å². The summed E-state index contributed by atoms with van der Waals surface area (Å²) in [5.41, 5.74) is 2.85. The van der Waals surface area contributed by atoms with Gasteiger partial charge in [0, 0.05) is 21.6 Å². The molecular weight excluding hydrogens is 176 g/mol. The molecule has 0 amide bonds. The highest BCUT2D eigenvalue weighted by atomic mass is 32.2. The van der Waals surface area contributed by atoms with Crippen LogP contribution in [0.2, 0.25) is 0 Å². The Labute approximate surface area is 81.8 Å². The minimum atomic E-state index is 0.225. The van der Waals surface area contributed by atoms with Crippen molar-refractivity contribution in [3.8, 4) is 4.90 Å². The van der Waals surface area contributed by atoms with Gasteiger partial charge < -0.3 is 0 Å². The Hall–Kier alpha value is -1.08. The van der Waals surface area contributed by atoms with Gasteiger partial charge in [0.05, 0.1) is 0 Å². The zero-order chi connectivity index (χ0) is 9.26. The molecule has 0 aliphatic carbocycles. The quantitative estimate of drug-likeness (QED) is 0.594. The highest BCUT2D eigenvalue weighted by Crippen LogP contribution is 2.33. The summed E-state index contributed by atoms with van der Waals surface area (Å²) in [6, 6.07) is 10.7. The molecule has 0 radical (unpaired) electrons. The molecule has 0 aliphatic heterocycles. The summed E-state index contributed by atoms with van der Waals surface area (Å²) >= 11 is 0. The molecule has 1 aromatic heterocycles. The molecule has 2 aromatic rings. The third-order valence-electron chi connectivity index (χ3n) is 2.24. The van der Waals surface area contributed by atoms with Gasteiger partial charge in [-0.3, -0.25) is 0 Å². The SMILES string of the molecule is Cc1c[s+](-c2ccccc2)cc1C. The molecule has 0 atom stereocenters. The normalized spacial score (nSPS) is 10.3. The Kier molecular flexibility index (Phi) is 2.19. The number of aryl methyl sites for hydroxylation is 2. The molecule has 1 aromatic carbocycles. The smallest absolute Gasteiger partial charge is 0.0619 e. The predicted octanol–water partition coefficient (Wildman–Crippen LogP) is 4.04. The largest absolute Gasteiger partial charge is 0.178 e. The molecule has 1 heterocycles. The maximum absolute atomic E-state index is 2.35. The zero-order valence-electron chi connectivity index (χ0n) is 7.95. The lowest BCUT2D eigenvalue weighted by Crippen LogP contribution is -1.63. The van der Waals surface area contributed by atoms with Crippen LogP contribution in [0.4, 0.5) is 0 Å². The summed E-state index contributed by atoms with van der Waals surface area (Å²) in [7, 11) is 0.225. The summed E-state index contributed by atoms with van der Waals surface area (Å²) in [6.45, 7) is 4.36. The van der Waals surface area contributed by atoms with Gasteiger partial charge >= 0.3 is 0 Å². The molecule has 66 valence electrons. The van der Waals surface area contributed by atoms with Crippen molar-refractivity contribution in [1.82, 2.24) is 0 Å². The third-order valence-corrected chi connectivity index (χ3v) is 4.28. The lowest BCUT2D eigenvalue weighted by atomic mass is 10.2. The molecule has 0 saturated heterocycles. The molecule has 2 rings (SSSR count). The van der Waals surface area contributed by atoms with Crippen molar-refractivity contribution >= 4 is 10.5 Å². The highest BCUT2D eigenvalue weighted by Gasteiger charge is 2.10. The maximum Gasteiger partial charge on any atom is 0.178 e. The average Bonchev–Trinajstić information content (AvgIpc) is 2.49. The fourth-order valence-corrected chi connectivity index (χ4v) is 3.26. The van der Waals surface area contributed by atoms with E-state index in [1.807, 2.05) is 0 Å². The third kappa shape index (κ3) is 1.65. The molecular formula is C12H13S+. The van der Waals surface area contributed by atoms with Crippen molar-refractivity contribution in [3.05, 3.63) is 52.2 Å². The van der Waals surface area contributed by atoms with E-state index >= 15 is 0 Å². The molecule has 0 nitrogen and oxygen atoms in total. The van der Waals surface area contributed by atoms with Crippen molar-refractivity contribution < 1.29 is 0 Å². The summed E-state index contributed by atoms with van der Waals surface area (Å²) in [5.74, 6) is 0. The molecule has 0 saturated carbocycles. The molecule has 0 N–H and O–H groups in total. The monoisotopic (exact) mass is 189 g/mol. The zero-order valence-corrected chi connectivity index (χ0v) is 8.77. The van der Waals surface area contributed by atoms with Gasteiger partial charge in [0.2, 0.25) is 0 Å². The van der Waals surface area contributed by atoms with Crippen molar-refractivity contribution in [1.29, 1.82) is 0 Å². The van der Waals surface area contributed by atoms with Gasteiger partial charge in [0.15, 0.2) is 4.90 Å². The van der Waals surface area contributed by atoms with Crippen LogP contribution in [0.1, 0.15) is 11.1 Å². The first-order valence-corrected chi connectivity index (χ1v) is 5.76. The summed E-state index contributed by atoms with van der Waals surface area (Å²) in [6.07, 6.45) is 0. The molecule has 0 spiro atoms. The van der Waals surface area contributed by atoms with Crippen LogP contribution in [0.25, 0.3) is 4.90 Å². The van der Waals surface area contributed by atoms with Gasteiger partial charge in [-0.1, -0.05) is 18.2 Å². The first-order valence-electron chi connectivity index (χ1n) is 4.41. The fraction of sp³-hybridized carbons (Fsp3) is 0.167. The number of hydrogen-bond donors (Lipinski definition) is 0. The van der Waals surface area contributed by atoms with Crippen LogP contribution < -0.4 is 0 Å². The van der Waals surface area contributed by atoms with Crippen LogP contribution in [0.3, 0.4) is 0 Å². The molecule has 1 heteroatoms. The van der Waals surface area contributed by atoms with Crippen molar-refractivity contribution in [3.63, 3.8) is 0 Å². The number of hydrogen-bond acceptors (Lipinski definition) is 0. The minimum absolute atomic E-state index is 0.225. The lowest BCUT2D eigenvalue weighted by molar-refractivity contribution is 1.41. The summed E-state index contributed by atoms with van der Waals surface area (Å²) in [4.78, 5) is 1.42. The van der Waals surface area contributed by atoms with Crippen LogP contribution in [-0.4, -0.2) is 0 Å². The molecule has 0 unspecified atom stereocenters. The van der Waals surface area contributed by atoms with Gasteiger partial charge in [-0.15, -0.1) is 0 Å². The maximum atomic E-state index is 2.35. The molecule has 0 fully saturated rings. The molecule has 0 bridgehead atoms. The van der Waals surface area contributed by atoms with E-state index in [0.717, 1.165) is 0 Å². The number of rotatable bonds is 1. The molecule has 0 aliphatic rings. The van der Waals surface area contributed by atoms with E-state index in [1.165, 1.54) is 16.0 Å². The highest BCUT2D eigenvalue weighted by molar-refractivity contribution is 7.37. The van der Waals surface area contributed by atoms with Gasteiger partial charge in [-0.05, 0) is 26.0 Å². The summed E-state index contributed by atoms with van der Waals surface area (Å²) < 4.78 is 0. The Balaban J connectivity index is 2.48. The Morgan fingerprint density at radius 1 is 0.846 bits per heavy atom. The fourth-order valence-electron chi connectivity index (χ4n) is 1.31. The number of thiophene rings is 1. The first-order chi connectivity index (χ1) is 6.27. The van der Waals surface area contributed by atoms with Crippen molar-refractivity contribution in [2.45, 2.75) is 13.8 Å². The van der Waals surface area contributed by atoms with E-state index in [9.17, 15) is 0 Å². The lowest BCUT2D eigenvalue weighted by Gasteiger charge is -1.85. The van der Waals surface area contributed by atoms with Gasteiger partial charge in [0.1, 0.15) is 10.8 Å². The second kappa shape index (κ2) is 3.35. The second-order valence-electron chi connectivity index (χ2n) is 3.29. The van der Waals surface area contributed by atoms with Crippen LogP contribution >= 0.6 is 10.5 Å². The standard InChI is InChI=1S/C12H13S/c1-10-8-13(9-11(10)2)12-6-4-3-5-7-12/h3-9H,1-2H3/q+1. The number of benzene rings is 1. The van der Waals surface area contributed by atoms with Crippen LogP contribution in [0, 0.1) is 13.8 Å². The van der Waals surface area contributed by atoms with Crippen molar-refractivity contribution in [2.24, 2.45) is 0 Å². The van der Waals surface area contributed by atoms with Crippen LogP contribution in [-0.2, 0) is 0 Å². The predicted molar refractivity (Wildman–Crippen MR) is 59.7 cm³/mol. The first kappa shape index (κ1) is 8.52. The van der Waals surface area contributed by atoms with Crippen LogP contribution in [0.15, 0.2) is 41.1 Å². The Morgan fingerprint density at radius 3 is 1.92 bits per heavy atom. The molecule has 13 heavy (non-hydrogen) atoms. The van der Waals surface area contributed by atoms with E-state index in [4.69, 9.17) is 0 Å². The van der Waals surface area contributed by atoms with Gasteiger partial charge in [-0.2, -0.15) is 0 Å². The van der Waals surface area contributed by atoms with Crippen molar-refractivity contribution in [2.75, 3.05) is 0 Å². The van der Waals surface area contributed by atoms with E-state index in [2.05, 4.69) is 54.9 Å². The van der Waals surface area contributed by atoms with E-state index in [1.54, 1.807) is 0 Å². The van der Waals surface area contributed by atoms with E-state index in [-0.39, 0.29) is 10.5 Å². The van der Waals surface area contributed by atoms with E-state index in [0.29, 0.717) is 0 Å². The van der Waals surface area contributed by atoms with Gasteiger partial charge in [-0.25, -0.2) is 0 Å². The van der Waals surface area contributed by atoms with E-state index < -0.39 is 0 Å². The topological polar surface area (TPSA) is 0 Å². The Bertz CT molecular complexity index is 379. The average molecular weight is 189 g/mol. The minimum Gasteiger partial charge on any atom is -0.0619 e. The second-order valence-corrected chi connectivity index (χ2v) is 4.97. The summed E-state index contributed by atoms with van der Waals surface area (Å²) in [5, 5.41) is 4.70. The Morgan fingerprint density at radius 2 is 1.38 bits per heavy atom. The van der Waals surface area contributed by atoms with Gasteiger partial charge in [0.25, 0.3) is 0 Å².